The first-order valence-corrected chi connectivity index (χ1v) is 7.89. The lowest BCUT2D eigenvalue weighted by Gasteiger charge is -2.23. The molecule has 2 N–H and O–H groups in total. The molecule has 1 atom stereocenters. The molecule has 0 fully saturated rings. The van der Waals surface area contributed by atoms with Crippen molar-refractivity contribution in [1.82, 2.24) is 9.78 Å². The minimum absolute atomic E-state index is 0.105. The molecule has 0 aliphatic rings. The van der Waals surface area contributed by atoms with Crippen molar-refractivity contribution >= 4 is 29.0 Å². The van der Waals surface area contributed by atoms with Gasteiger partial charge in [-0.2, -0.15) is 18.3 Å². The standard InChI is InChI=1S/C16H18ClF3N4O/c1-9(2)14(15(25)22-13-6-7-24(3)23-13)21-12-5-4-10(8-11(12)17)16(18,19)20/h4-9,14,21H,1-3H3,(H,22,23,25). The Hall–Kier alpha value is -2.22. The number of amides is 1. The lowest BCUT2D eigenvalue weighted by molar-refractivity contribution is -0.137. The number of carbonyl (C=O) groups is 1. The van der Waals surface area contributed by atoms with Gasteiger partial charge in [0.2, 0.25) is 5.91 Å². The summed E-state index contributed by atoms with van der Waals surface area (Å²) in [4.78, 5) is 12.5. The summed E-state index contributed by atoms with van der Waals surface area (Å²) in [5.74, 6) is -0.106. The van der Waals surface area contributed by atoms with E-state index in [9.17, 15) is 18.0 Å². The highest BCUT2D eigenvalue weighted by molar-refractivity contribution is 6.33. The van der Waals surface area contributed by atoms with E-state index < -0.39 is 17.8 Å². The van der Waals surface area contributed by atoms with Crippen molar-refractivity contribution in [3.8, 4) is 0 Å². The lowest BCUT2D eigenvalue weighted by atomic mass is 10.0. The second kappa shape index (κ2) is 7.35. The molecule has 2 aromatic rings. The topological polar surface area (TPSA) is 59.0 Å². The largest absolute Gasteiger partial charge is 0.416 e. The number of alkyl halides is 3. The van der Waals surface area contributed by atoms with Crippen LogP contribution in [0.25, 0.3) is 0 Å². The van der Waals surface area contributed by atoms with Crippen molar-refractivity contribution < 1.29 is 18.0 Å². The van der Waals surface area contributed by atoms with Crippen molar-refractivity contribution in [2.75, 3.05) is 10.6 Å². The van der Waals surface area contributed by atoms with Crippen LogP contribution in [0.4, 0.5) is 24.7 Å². The highest BCUT2D eigenvalue weighted by atomic mass is 35.5. The van der Waals surface area contributed by atoms with Gasteiger partial charge in [-0.15, -0.1) is 0 Å². The number of nitrogens with zero attached hydrogens (tertiary/aromatic N) is 2. The smallest absolute Gasteiger partial charge is 0.372 e. The van der Waals surface area contributed by atoms with Crippen LogP contribution in [0.5, 0.6) is 0 Å². The van der Waals surface area contributed by atoms with Crippen LogP contribution in [0.2, 0.25) is 5.02 Å². The molecule has 25 heavy (non-hydrogen) atoms. The maximum Gasteiger partial charge on any atom is 0.416 e. The summed E-state index contributed by atoms with van der Waals surface area (Å²) in [6.07, 6.45) is -2.80. The number of carbonyl (C=O) groups excluding carboxylic acids is 1. The average molecular weight is 375 g/mol. The molecule has 2 rings (SSSR count). The Bertz CT molecular complexity index is 758. The molecule has 136 valence electrons. The first-order valence-electron chi connectivity index (χ1n) is 7.51. The van der Waals surface area contributed by atoms with Crippen molar-refractivity contribution in [3.05, 3.63) is 41.0 Å². The van der Waals surface area contributed by atoms with Crippen molar-refractivity contribution in [2.45, 2.75) is 26.1 Å². The van der Waals surface area contributed by atoms with Crippen LogP contribution in [0.3, 0.4) is 0 Å². The van der Waals surface area contributed by atoms with Gasteiger partial charge in [0.15, 0.2) is 5.82 Å². The van der Waals surface area contributed by atoms with Gasteiger partial charge in [-0.1, -0.05) is 25.4 Å². The van der Waals surface area contributed by atoms with Gasteiger partial charge in [0.1, 0.15) is 6.04 Å². The average Bonchev–Trinajstić information content (AvgIpc) is 2.89. The summed E-state index contributed by atoms with van der Waals surface area (Å²) in [7, 11) is 1.72. The van der Waals surface area contributed by atoms with Crippen LogP contribution in [0.1, 0.15) is 19.4 Å². The van der Waals surface area contributed by atoms with Crippen molar-refractivity contribution in [3.63, 3.8) is 0 Å². The van der Waals surface area contributed by atoms with E-state index in [2.05, 4.69) is 15.7 Å². The lowest BCUT2D eigenvalue weighted by Crippen LogP contribution is -2.39. The maximum atomic E-state index is 12.7. The number of halogens is 4. The second-order valence-electron chi connectivity index (χ2n) is 5.92. The molecule has 5 nitrogen and oxygen atoms in total. The molecule has 0 spiro atoms. The van der Waals surface area contributed by atoms with Crippen LogP contribution in [-0.4, -0.2) is 21.7 Å². The Morgan fingerprint density at radius 1 is 1.28 bits per heavy atom. The number of hydrogen-bond donors (Lipinski definition) is 2. The van der Waals surface area contributed by atoms with E-state index in [0.29, 0.717) is 5.82 Å². The second-order valence-corrected chi connectivity index (χ2v) is 6.33. The highest BCUT2D eigenvalue weighted by Gasteiger charge is 2.31. The van der Waals surface area contributed by atoms with Crippen molar-refractivity contribution in [2.24, 2.45) is 13.0 Å². The van der Waals surface area contributed by atoms with E-state index in [1.807, 2.05) is 13.8 Å². The minimum Gasteiger partial charge on any atom is -0.372 e. The first-order chi connectivity index (χ1) is 11.6. The zero-order chi connectivity index (χ0) is 18.8. The molecule has 1 unspecified atom stereocenters. The maximum absolute atomic E-state index is 12.7. The highest BCUT2D eigenvalue weighted by Crippen LogP contribution is 2.34. The molecule has 0 radical (unpaired) electrons. The monoisotopic (exact) mass is 374 g/mol. The Balaban J connectivity index is 2.17. The third kappa shape index (κ3) is 4.88. The van der Waals surface area contributed by atoms with Gasteiger partial charge >= 0.3 is 6.18 Å². The van der Waals surface area contributed by atoms with Gasteiger partial charge < -0.3 is 10.6 Å². The van der Waals surface area contributed by atoms with E-state index in [-0.39, 0.29) is 22.5 Å². The number of benzene rings is 1. The molecule has 1 heterocycles. The molecular weight excluding hydrogens is 357 g/mol. The summed E-state index contributed by atoms with van der Waals surface area (Å²) in [6.45, 7) is 3.63. The molecule has 1 amide bonds. The molecule has 1 aromatic carbocycles. The number of rotatable bonds is 5. The van der Waals surface area contributed by atoms with Crippen LogP contribution < -0.4 is 10.6 Å². The third-order valence-corrected chi connectivity index (χ3v) is 3.83. The summed E-state index contributed by atoms with van der Waals surface area (Å²) < 4.78 is 39.7. The molecule has 0 saturated carbocycles. The quantitative estimate of drug-likeness (QED) is 0.825. The van der Waals surface area contributed by atoms with E-state index in [4.69, 9.17) is 11.6 Å². The van der Waals surface area contributed by atoms with E-state index in [1.54, 1.807) is 24.0 Å². The number of anilines is 2. The fraction of sp³-hybridized carbons (Fsp3) is 0.375. The number of aryl methyl sites for hydroxylation is 1. The zero-order valence-corrected chi connectivity index (χ0v) is 14.6. The summed E-state index contributed by atoms with van der Waals surface area (Å²) >= 11 is 5.94. The SMILES string of the molecule is CC(C)C(Nc1ccc(C(F)(F)F)cc1Cl)C(=O)Nc1ccn(C)n1. The van der Waals surface area contributed by atoms with Gasteiger partial charge in [-0.05, 0) is 24.1 Å². The van der Waals surface area contributed by atoms with Crippen LogP contribution >= 0.6 is 11.6 Å². The first kappa shape index (κ1) is 19.1. The molecule has 0 saturated heterocycles. The molecule has 0 aliphatic heterocycles. The third-order valence-electron chi connectivity index (χ3n) is 3.52. The molecular formula is C16H18ClF3N4O. The van der Waals surface area contributed by atoms with Crippen molar-refractivity contribution in [1.29, 1.82) is 0 Å². The minimum atomic E-state index is -4.48. The summed E-state index contributed by atoms with van der Waals surface area (Å²) in [5, 5.41) is 9.53. The normalized spacial score (nSPS) is 13.0. The van der Waals surface area contributed by atoms with E-state index in [1.165, 1.54) is 6.07 Å². The van der Waals surface area contributed by atoms with Crippen LogP contribution in [0.15, 0.2) is 30.5 Å². The van der Waals surface area contributed by atoms with Gasteiger partial charge in [-0.25, -0.2) is 0 Å². The molecule has 1 aromatic heterocycles. The van der Waals surface area contributed by atoms with E-state index >= 15 is 0 Å². The predicted molar refractivity (Wildman–Crippen MR) is 90.5 cm³/mol. The molecule has 0 bridgehead atoms. The van der Waals surface area contributed by atoms with Gasteiger partial charge in [0, 0.05) is 19.3 Å². The number of nitrogens with one attached hydrogen (secondary N) is 2. The molecule has 0 aliphatic carbocycles. The van der Waals surface area contributed by atoms with Gasteiger partial charge in [-0.3, -0.25) is 9.48 Å². The van der Waals surface area contributed by atoms with Gasteiger partial charge in [0.05, 0.1) is 16.3 Å². The number of hydrogen-bond acceptors (Lipinski definition) is 3. The van der Waals surface area contributed by atoms with E-state index in [0.717, 1.165) is 12.1 Å². The Labute approximate surface area is 148 Å². The fourth-order valence-corrected chi connectivity index (χ4v) is 2.43. The Morgan fingerprint density at radius 3 is 2.44 bits per heavy atom. The zero-order valence-electron chi connectivity index (χ0n) is 13.9. The predicted octanol–water partition coefficient (Wildman–Crippen LogP) is 4.17. The number of aromatic nitrogens is 2. The Morgan fingerprint density at radius 2 is 1.96 bits per heavy atom. The van der Waals surface area contributed by atoms with Gasteiger partial charge in [0.25, 0.3) is 0 Å². The van der Waals surface area contributed by atoms with Crippen LogP contribution in [0, 0.1) is 5.92 Å². The molecule has 9 heteroatoms. The Kier molecular flexibility index (Phi) is 5.62. The summed E-state index contributed by atoms with van der Waals surface area (Å²) in [5.41, 5.74) is -0.591. The van der Waals surface area contributed by atoms with Crippen LogP contribution in [-0.2, 0) is 18.0 Å². The fourth-order valence-electron chi connectivity index (χ4n) is 2.20. The summed E-state index contributed by atoms with van der Waals surface area (Å²) in [6, 6.07) is 3.91.